The highest BCUT2D eigenvalue weighted by atomic mass is 16.5. The fourth-order valence-electron chi connectivity index (χ4n) is 3.14. The molecule has 6 heteroatoms. The molecule has 0 spiro atoms. The van der Waals surface area contributed by atoms with Gasteiger partial charge < -0.3 is 14.8 Å². The van der Waals surface area contributed by atoms with E-state index in [0.29, 0.717) is 24.6 Å². The Morgan fingerprint density at radius 3 is 2.59 bits per heavy atom. The maximum atomic E-state index is 12.7. The second kappa shape index (κ2) is 8.68. The number of benzene rings is 2. The zero-order valence-electron chi connectivity index (χ0n) is 15.6. The van der Waals surface area contributed by atoms with Gasteiger partial charge in [-0.1, -0.05) is 12.1 Å². The standard InChI is InChI=1S/C21H24N2O4/c1-3-27-17-9-7-16(8-10-17)23-20(24)14-19(21(23)25)22-12-11-15-5-4-6-18(13-15)26-2/h4-10,13,19,22H,3,11-12,14H2,1-2H3. The van der Waals surface area contributed by atoms with Crippen LogP contribution >= 0.6 is 0 Å². The van der Waals surface area contributed by atoms with Gasteiger partial charge in [0.1, 0.15) is 11.5 Å². The van der Waals surface area contributed by atoms with Crippen LogP contribution in [-0.2, 0) is 16.0 Å². The van der Waals surface area contributed by atoms with Gasteiger partial charge in [0.25, 0.3) is 5.91 Å². The highest BCUT2D eigenvalue weighted by Crippen LogP contribution is 2.25. The minimum atomic E-state index is -0.491. The van der Waals surface area contributed by atoms with E-state index in [4.69, 9.17) is 9.47 Å². The first kappa shape index (κ1) is 18.9. The number of methoxy groups -OCH3 is 1. The van der Waals surface area contributed by atoms with Gasteiger partial charge in [-0.2, -0.15) is 0 Å². The largest absolute Gasteiger partial charge is 0.497 e. The van der Waals surface area contributed by atoms with Crippen molar-refractivity contribution in [3.63, 3.8) is 0 Å². The Morgan fingerprint density at radius 2 is 1.89 bits per heavy atom. The third-order valence-electron chi connectivity index (χ3n) is 4.49. The van der Waals surface area contributed by atoms with Crippen LogP contribution in [0.1, 0.15) is 18.9 Å². The molecular formula is C21H24N2O4. The fraction of sp³-hybridized carbons (Fsp3) is 0.333. The molecular weight excluding hydrogens is 344 g/mol. The summed E-state index contributed by atoms with van der Waals surface area (Å²) in [4.78, 5) is 26.3. The number of rotatable bonds is 8. The maximum Gasteiger partial charge on any atom is 0.251 e. The van der Waals surface area contributed by atoms with Gasteiger partial charge in [-0.05, 0) is 61.9 Å². The molecule has 1 aliphatic heterocycles. The number of amides is 2. The maximum absolute atomic E-state index is 12.7. The number of nitrogens with one attached hydrogen (secondary N) is 1. The van der Waals surface area contributed by atoms with Crippen molar-refractivity contribution in [2.45, 2.75) is 25.8 Å². The van der Waals surface area contributed by atoms with Gasteiger partial charge in [0.2, 0.25) is 5.91 Å². The summed E-state index contributed by atoms with van der Waals surface area (Å²) in [7, 11) is 1.63. The molecule has 0 radical (unpaired) electrons. The molecule has 1 heterocycles. The van der Waals surface area contributed by atoms with E-state index >= 15 is 0 Å². The zero-order valence-corrected chi connectivity index (χ0v) is 15.6. The van der Waals surface area contributed by atoms with Crippen LogP contribution in [-0.4, -0.2) is 38.1 Å². The minimum absolute atomic E-state index is 0.171. The summed E-state index contributed by atoms with van der Waals surface area (Å²) in [6, 6.07) is 14.3. The van der Waals surface area contributed by atoms with E-state index in [1.54, 1.807) is 31.4 Å². The highest BCUT2D eigenvalue weighted by Gasteiger charge is 2.39. The Morgan fingerprint density at radius 1 is 1.11 bits per heavy atom. The lowest BCUT2D eigenvalue weighted by Gasteiger charge is -2.16. The summed E-state index contributed by atoms with van der Waals surface area (Å²) in [5, 5.41) is 3.20. The summed E-state index contributed by atoms with van der Waals surface area (Å²) in [5.74, 6) is 1.12. The molecule has 1 unspecified atom stereocenters. The number of carbonyl (C=O) groups is 2. The number of imide groups is 1. The Balaban J connectivity index is 1.58. The van der Waals surface area contributed by atoms with Crippen LogP contribution in [0.25, 0.3) is 0 Å². The average molecular weight is 368 g/mol. The van der Waals surface area contributed by atoms with Gasteiger partial charge in [-0.15, -0.1) is 0 Å². The molecule has 2 amide bonds. The van der Waals surface area contributed by atoms with E-state index in [1.807, 2.05) is 31.2 Å². The number of hydrogen-bond donors (Lipinski definition) is 1. The predicted molar refractivity (Wildman–Crippen MR) is 103 cm³/mol. The van der Waals surface area contributed by atoms with Gasteiger partial charge in [-0.3, -0.25) is 9.59 Å². The molecule has 0 aliphatic carbocycles. The van der Waals surface area contributed by atoms with Crippen molar-refractivity contribution in [2.75, 3.05) is 25.2 Å². The van der Waals surface area contributed by atoms with Crippen LogP contribution in [0.5, 0.6) is 11.5 Å². The smallest absolute Gasteiger partial charge is 0.251 e. The van der Waals surface area contributed by atoms with Crippen LogP contribution in [0, 0.1) is 0 Å². The molecule has 1 N–H and O–H groups in total. The lowest BCUT2D eigenvalue weighted by atomic mass is 10.1. The molecule has 27 heavy (non-hydrogen) atoms. The van der Waals surface area contributed by atoms with E-state index < -0.39 is 6.04 Å². The van der Waals surface area contributed by atoms with E-state index in [-0.39, 0.29) is 18.2 Å². The molecule has 2 aromatic rings. The normalized spacial score (nSPS) is 16.7. The van der Waals surface area contributed by atoms with E-state index in [2.05, 4.69) is 5.32 Å². The third kappa shape index (κ3) is 4.46. The summed E-state index contributed by atoms with van der Waals surface area (Å²) in [5.41, 5.74) is 1.69. The SMILES string of the molecule is CCOc1ccc(N2C(=O)CC(NCCc3cccc(OC)c3)C2=O)cc1. The number of anilines is 1. The number of carbonyl (C=O) groups excluding carboxylic acids is 2. The molecule has 0 bridgehead atoms. The van der Waals surface area contributed by atoms with Crippen molar-refractivity contribution in [3.05, 3.63) is 54.1 Å². The van der Waals surface area contributed by atoms with Gasteiger partial charge in [0, 0.05) is 0 Å². The second-order valence-corrected chi connectivity index (χ2v) is 6.31. The lowest BCUT2D eigenvalue weighted by molar-refractivity contribution is -0.121. The molecule has 1 atom stereocenters. The van der Waals surface area contributed by atoms with Gasteiger partial charge in [0.15, 0.2) is 0 Å². The highest BCUT2D eigenvalue weighted by molar-refractivity contribution is 6.22. The summed E-state index contributed by atoms with van der Waals surface area (Å²) in [6.45, 7) is 3.08. The Hall–Kier alpha value is -2.86. The third-order valence-corrected chi connectivity index (χ3v) is 4.49. The molecule has 2 aromatic carbocycles. The first-order chi connectivity index (χ1) is 13.1. The first-order valence-electron chi connectivity index (χ1n) is 9.08. The van der Waals surface area contributed by atoms with Gasteiger partial charge in [0.05, 0.1) is 31.9 Å². The number of hydrogen-bond acceptors (Lipinski definition) is 5. The second-order valence-electron chi connectivity index (χ2n) is 6.31. The fourth-order valence-corrected chi connectivity index (χ4v) is 3.14. The van der Waals surface area contributed by atoms with Crippen LogP contribution < -0.4 is 19.7 Å². The molecule has 142 valence electrons. The number of ether oxygens (including phenoxy) is 2. The van der Waals surface area contributed by atoms with Crippen LogP contribution in [0.15, 0.2) is 48.5 Å². The molecule has 1 saturated heterocycles. The van der Waals surface area contributed by atoms with E-state index in [0.717, 1.165) is 17.7 Å². The Labute approximate surface area is 159 Å². The van der Waals surface area contributed by atoms with Gasteiger partial charge in [-0.25, -0.2) is 4.90 Å². The molecule has 0 saturated carbocycles. The van der Waals surface area contributed by atoms with Crippen molar-refractivity contribution in [1.82, 2.24) is 5.32 Å². The predicted octanol–water partition coefficient (Wildman–Crippen LogP) is 2.56. The minimum Gasteiger partial charge on any atom is -0.497 e. The summed E-state index contributed by atoms with van der Waals surface area (Å²) < 4.78 is 10.6. The quantitative estimate of drug-likeness (QED) is 0.726. The summed E-state index contributed by atoms with van der Waals surface area (Å²) in [6.07, 6.45) is 0.919. The zero-order chi connectivity index (χ0) is 19.2. The topological polar surface area (TPSA) is 67.9 Å². The summed E-state index contributed by atoms with van der Waals surface area (Å²) >= 11 is 0. The Kier molecular flexibility index (Phi) is 6.08. The van der Waals surface area contributed by atoms with Crippen molar-refractivity contribution >= 4 is 17.5 Å². The molecule has 0 aromatic heterocycles. The Bertz CT molecular complexity index is 804. The van der Waals surface area contributed by atoms with E-state index in [1.165, 1.54) is 4.90 Å². The first-order valence-corrected chi connectivity index (χ1v) is 9.08. The molecule has 3 rings (SSSR count). The van der Waals surface area contributed by atoms with Crippen LogP contribution in [0.2, 0.25) is 0 Å². The average Bonchev–Trinajstić information content (AvgIpc) is 2.96. The van der Waals surface area contributed by atoms with Crippen molar-refractivity contribution < 1.29 is 19.1 Å². The lowest BCUT2D eigenvalue weighted by Crippen LogP contribution is -2.39. The van der Waals surface area contributed by atoms with Gasteiger partial charge >= 0.3 is 0 Å². The van der Waals surface area contributed by atoms with E-state index in [9.17, 15) is 9.59 Å². The van der Waals surface area contributed by atoms with Crippen molar-refractivity contribution in [2.24, 2.45) is 0 Å². The van der Waals surface area contributed by atoms with Crippen molar-refractivity contribution in [3.8, 4) is 11.5 Å². The van der Waals surface area contributed by atoms with Crippen LogP contribution in [0.3, 0.4) is 0 Å². The van der Waals surface area contributed by atoms with Crippen molar-refractivity contribution in [1.29, 1.82) is 0 Å². The van der Waals surface area contributed by atoms with Crippen LogP contribution in [0.4, 0.5) is 5.69 Å². The molecule has 1 fully saturated rings. The number of nitrogens with zero attached hydrogens (tertiary/aromatic N) is 1. The molecule has 1 aliphatic rings. The monoisotopic (exact) mass is 368 g/mol. The molecule has 6 nitrogen and oxygen atoms in total.